The van der Waals surface area contributed by atoms with Gasteiger partial charge >= 0.3 is 11.9 Å². The normalized spacial score (nSPS) is 11.8. The standard InChI is InChI=1S/C13H15BrO5/c1-8(15)19-12-4-3-9(11(16)7-14)5-10(12)6-13(17)18-2/h3-5,11,16H,6-7H2,1-2H3. The van der Waals surface area contributed by atoms with Gasteiger partial charge in [0.1, 0.15) is 5.75 Å². The molecule has 6 heteroatoms. The Balaban J connectivity index is 3.09. The summed E-state index contributed by atoms with van der Waals surface area (Å²) in [5, 5.41) is 10.1. The van der Waals surface area contributed by atoms with Gasteiger partial charge in [0.2, 0.25) is 0 Å². The lowest BCUT2D eigenvalue weighted by Crippen LogP contribution is -2.10. The fourth-order valence-corrected chi connectivity index (χ4v) is 1.89. The maximum Gasteiger partial charge on any atom is 0.310 e. The summed E-state index contributed by atoms with van der Waals surface area (Å²) in [6.07, 6.45) is -0.718. The van der Waals surface area contributed by atoms with Crippen LogP contribution in [-0.2, 0) is 20.7 Å². The van der Waals surface area contributed by atoms with Crippen molar-refractivity contribution in [3.8, 4) is 5.75 Å². The largest absolute Gasteiger partial charge is 0.469 e. The Labute approximate surface area is 119 Å². The van der Waals surface area contributed by atoms with Crippen molar-refractivity contribution in [2.45, 2.75) is 19.4 Å². The summed E-state index contributed by atoms with van der Waals surface area (Å²) in [5.41, 5.74) is 1.13. The van der Waals surface area contributed by atoms with Crippen LogP contribution in [0.4, 0.5) is 0 Å². The summed E-state index contributed by atoms with van der Waals surface area (Å²) in [6, 6.07) is 4.83. The van der Waals surface area contributed by atoms with Gasteiger partial charge < -0.3 is 14.6 Å². The van der Waals surface area contributed by atoms with E-state index < -0.39 is 18.0 Å². The highest BCUT2D eigenvalue weighted by molar-refractivity contribution is 9.09. The van der Waals surface area contributed by atoms with Gasteiger partial charge in [0, 0.05) is 17.8 Å². The predicted octanol–water partition coefficient (Wildman–Crippen LogP) is 1.76. The number of aliphatic hydroxyl groups is 1. The minimum Gasteiger partial charge on any atom is -0.469 e. The quantitative estimate of drug-likeness (QED) is 0.506. The molecule has 0 amide bonds. The topological polar surface area (TPSA) is 72.8 Å². The van der Waals surface area contributed by atoms with Crippen molar-refractivity contribution in [3.05, 3.63) is 29.3 Å². The van der Waals surface area contributed by atoms with E-state index in [2.05, 4.69) is 20.7 Å². The van der Waals surface area contributed by atoms with E-state index in [4.69, 9.17) is 4.74 Å². The Kier molecular flexibility index (Phi) is 5.98. The molecule has 0 aliphatic carbocycles. The van der Waals surface area contributed by atoms with Crippen LogP contribution in [0.5, 0.6) is 5.75 Å². The molecule has 0 aliphatic rings. The second-order valence-electron chi connectivity index (χ2n) is 3.88. The number of halogens is 1. The van der Waals surface area contributed by atoms with Crippen molar-refractivity contribution >= 4 is 27.9 Å². The summed E-state index contributed by atoms with van der Waals surface area (Å²) in [4.78, 5) is 22.3. The van der Waals surface area contributed by atoms with Gasteiger partial charge in [-0.2, -0.15) is 0 Å². The van der Waals surface area contributed by atoms with E-state index in [1.165, 1.54) is 14.0 Å². The molecule has 0 bridgehead atoms. The number of alkyl halides is 1. The third-order valence-corrected chi connectivity index (χ3v) is 3.04. The number of methoxy groups -OCH3 is 1. The van der Waals surface area contributed by atoms with Crippen LogP contribution in [0.2, 0.25) is 0 Å². The van der Waals surface area contributed by atoms with Crippen LogP contribution in [0.1, 0.15) is 24.2 Å². The molecule has 5 nitrogen and oxygen atoms in total. The van der Waals surface area contributed by atoms with Crippen LogP contribution in [-0.4, -0.2) is 29.5 Å². The molecule has 1 unspecified atom stereocenters. The van der Waals surface area contributed by atoms with Crippen LogP contribution in [0.3, 0.4) is 0 Å². The monoisotopic (exact) mass is 330 g/mol. The molecule has 104 valence electrons. The minimum atomic E-state index is -0.692. The third kappa shape index (κ3) is 4.65. The Morgan fingerprint density at radius 2 is 2.11 bits per heavy atom. The van der Waals surface area contributed by atoms with Gasteiger partial charge in [-0.1, -0.05) is 22.0 Å². The van der Waals surface area contributed by atoms with Gasteiger partial charge in [-0.15, -0.1) is 0 Å². The molecular weight excluding hydrogens is 316 g/mol. The summed E-state index contributed by atoms with van der Waals surface area (Å²) in [6.45, 7) is 1.28. The molecule has 0 heterocycles. The van der Waals surface area contributed by atoms with Crippen molar-refractivity contribution in [2.75, 3.05) is 12.4 Å². The van der Waals surface area contributed by atoms with Crippen LogP contribution in [0.25, 0.3) is 0 Å². The fraction of sp³-hybridized carbons (Fsp3) is 0.385. The van der Waals surface area contributed by atoms with Crippen molar-refractivity contribution < 1.29 is 24.2 Å². The van der Waals surface area contributed by atoms with Gasteiger partial charge in [-0.3, -0.25) is 9.59 Å². The fourth-order valence-electron chi connectivity index (χ4n) is 1.52. The number of hydrogen-bond donors (Lipinski definition) is 1. The van der Waals surface area contributed by atoms with Crippen molar-refractivity contribution in [1.29, 1.82) is 0 Å². The number of aliphatic hydroxyl groups excluding tert-OH is 1. The van der Waals surface area contributed by atoms with Gasteiger partial charge in [0.15, 0.2) is 0 Å². The lowest BCUT2D eigenvalue weighted by Gasteiger charge is -2.13. The highest BCUT2D eigenvalue weighted by Gasteiger charge is 2.14. The molecular formula is C13H15BrO5. The smallest absolute Gasteiger partial charge is 0.310 e. The lowest BCUT2D eigenvalue weighted by molar-refractivity contribution is -0.140. The Hall–Kier alpha value is -1.40. The molecule has 0 aromatic heterocycles. The Morgan fingerprint density at radius 1 is 1.42 bits per heavy atom. The summed E-state index contributed by atoms with van der Waals surface area (Å²) in [5.74, 6) is -0.623. The predicted molar refractivity (Wildman–Crippen MR) is 72.2 cm³/mol. The zero-order valence-electron chi connectivity index (χ0n) is 10.7. The van der Waals surface area contributed by atoms with Gasteiger partial charge in [-0.05, 0) is 17.7 Å². The molecule has 0 aliphatic heterocycles. The van der Waals surface area contributed by atoms with Gasteiger partial charge in [0.25, 0.3) is 0 Å². The first-order valence-electron chi connectivity index (χ1n) is 5.60. The van der Waals surface area contributed by atoms with Crippen LogP contribution < -0.4 is 4.74 Å². The summed E-state index contributed by atoms with van der Waals surface area (Å²) < 4.78 is 9.61. The van der Waals surface area contributed by atoms with E-state index in [1.807, 2.05) is 0 Å². The molecule has 1 N–H and O–H groups in total. The second kappa shape index (κ2) is 7.25. The number of benzene rings is 1. The highest BCUT2D eigenvalue weighted by Crippen LogP contribution is 2.25. The first-order chi connectivity index (χ1) is 8.97. The number of ether oxygens (including phenoxy) is 2. The first-order valence-corrected chi connectivity index (χ1v) is 6.72. The maximum atomic E-state index is 11.3. The van der Waals surface area contributed by atoms with E-state index in [0.717, 1.165) is 0 Å². The molecule has 0 saturated heterocycles. The molecule has 1 aromatic carbocycles. The Bertz CT molecular complexity index is 472. The van der Waals surface area contributed by atoms with Crippen molar-refractivity contribution in [2.24, 2.45) is 0 Å². The average molecular weight is 331 g/mol. The molecule has 0 spiro atoms. The van der Waals surface area contributed by atoms with E-state index in [-0.39, 0.29) is 6.42 Å². The second-order valence-corrected chi connectivity index (χ2v) is 4.53. The summed E-state index contributed by atoms with van der Waals surface area (Å²) in [7, 11) is 1.28. The van der Waals surface area contributed by atoms with E-state index in [1.54, 1.807) is 18.2 Å². The molecule has 0 saturated carbocycles. The maximum absolute atomic E-state index is 11.3. The minimum absolute atomic E-state index is 0.0258. The number of rotatable bonds is 5. The zero-order chi connectivity index (χ0) is 14.4. The SMILES string of the molecule is COC(=O)Cc1cc(C(O)CBr)ccc1OC(C)=O. The number of carbonyl (C=O) groups excluding carboxylic acids is 2. The van der Waals surface area contributed by atoms with E-state index in [0.29, 0.717) is 22.2 Å². The van der Waals surface area contributed by atoms with Crippen LogP contribution in [0, 0.1) is 0 Å². The van der Waals surface area contributed by atoms with Gasteiger partial charge in [0.05, 0.1) is 19.6 Å². The zero-order valence-corrected chi connectivity index (χ0v) is 12.3. The van der Waals surface area contributed by atoms with Crippen molar-refractivity contribution in [1.82, 2.24) is 0 Å². The number of carbonyl (C=O) groups is 2. The molecule has 19 heavy (non-hydrogen) atoms. The Morgan fingerprint density at radius 3 is 2.63 bits per heavy atom. The van der Waals surface area contributed by atoms with Crippen LogP contribution in [0.15, 0.2) is 18.2 Å². The molecule has 1 rings (SSSR count). The molecule has 0 radical (unpaired) electrons. The highest BCUT2D eigenvalue weighted by atomic mass is 79.9. The lowest BCUT2D eigenvalue weighted by atomic mass is 10.0. The number of esters is 2. The average Bonchev–Trinajstić information content (AvgIpc) is 2.39. The summed E-state index contributed by atoms with van der Waals surface area (Å²) >= 11 is 3.17. The number of hydrogen-bond acceptors (Lipinski definition) is 5. The van der Waals surface area contributed by atoms with E-state index >= 15 is 0 Å². The molecule has 1 atom stereocenters. The van der Waals surface area contributed by atoms with Crippen LogP contribution >= 0.6 is 15.9 Å². The third-order valence-electron chi connectivity index (χ3n) is 2.43. The first kappa shape index (κ1) is 15.7. The van der Waals surface area contributed by atoms with Crippen molar-refractivity contribution in [3.63, 3.8) is 0 Å². The van der Waals surface area contributed by atoms with Gasteiger partial charge in [-0.25, -0.2) is 0 Å². The molecule has 1 aromatic rings. The van der Waals surface area contributed by atoms with E-state index in [9.17, 15) is 14.7 Å². The molecule has 0 fully saturated rings.